The number of aromatic nitrogens is 1. The maximum Gasteiger partial charge on any atom is 0.213 e. The van der Waals surface area contributed by atoms with Crippen LogP contribution in [0.5, 0.6) is 5.88 Å². The second-order valence-corrected chi connectivity index (χ2v) is 2.94. The van der Waals surface area contributed by atoms with Gasteiger partial charge in [0.2, 0.25) is 5.88 Å². The fourth-order valence-corrected chi connectivity index (χ4v) is 1.13. The van der Waals surface area contributed by atoms with E-state index in [1.54, 1.807) is 6.20 Å². The molecule has 0 amide bonds. The van der Waals surface area contributed by atoms with Crippen LogP contribution < -0.4 is 10.1 Å². The number of rotatable bonds is 7. The van der Waals surface area contributed by atoms with Gasteiger partial charge in [-0.1, -0.05) is 0 Å². The average Bonchev–Trinajstić information content (AvgIpc) is 2.27. The third-order valence-electron chi connectivity index (χ3n) is 1.81. The first-order valence-corrected chi connectivity index (χ1v) is 5.27. The summed E-state index contributed by atoms with van der Waals surface area (Å²) in [5, 5.41) is 3.21. The van der Waals surface area contributed by atoms with Gasteiger partial charge in [0, 0.05) is 19.2 Å². The van der Waals surface area contributed by atoms with Crippen molar-refractivity contribution in [3.8, 4) is 5.88 Å². The molecule has 0 saturated heterocycles. The molecule has 4 nitrogen and oxygen atoms in total. The Bertz CT molecular complexity index is 262. The highest BCUT2D eigenvalue weighted by atomic mass is 16.5. The maximum absolute atomic E-state index is 5.24. The van der Waals surface area contributed by atoms with E-state index in [9.17, 15) is 0 Å². The van der Waals surface area contributed by atoms with Gasteiger partial charge in [-0.15, -0.1) is 0 Å². The average molecular weight is 210 g/mol. The Kier molecular flexibility index (Phi) is 5.55. The molecule has 0 atom stereocenters. The fourth-order valence-electron chi connectivity index (χ4n) is 1.13. The van der Waals surface area contributed by atoms with Crippen LogP contribution in [0.25, 0.3) is 0 Å². The fraction of sp³-hybridized carbons (Fsp3) is 0.545. The molecule has 15 heavy (non-hydrogen) atoms. The van der Waals surface area contributed by atoms with Crippen molar-refractivity contribution in [2.45, 2.75) is 13.8 Å². The lowest BCUT2D eigenvalue weighted by Crippen LogP contribution is -2.09. The molecule has 0 unspecified atom stereocenters. The minimum absolute atomic E-state index is 0.643. The van der Waals surface area contributed by atoms with Gasteiger partial charge >= 0.3 is 0 Å². The van der Waals surface area contributed by atoms with Crippen LogP contribution in [0, 0.1) is 0 Å². The lowest BCUT2D eigenvalue weighted by Gasteiger charge is -2.06. The highest BCUT2D eigenvalue weighted by molar-refractivity contribution is 5.41. The van der Waals surface area contributed by atoms with Crippen molar-refractivity contribution in [3.63, 3.8) is 0 Å². The molecule has 0 aromatic carbocycles. The van der Waals surface area contributed by atoms with Crippen LogP contribution in [0.15, 0.2) is 18.3 Å². The highest BCUT2D eigenvalue weighted by Crippen LogP contribution is 2.10. The van der Waals surface area contributed by atoms with E-state index in [1.165, 1.54) is 0 Å². The lowest BCUT2D eigenvalue weighted by molar-refractivity contribution is 0.158. The van der Waals surface area contributed by atoms with Gasteiger partial charge in [-0.25, -0.2) is 4.98 Å². The SMILES string of the molecule is CCOCCNc1ccc(OCC)nc1. The Morgan fingerprint density at radius 3 is 2.73 bits per heavy atom. The predicted molar refractivity (Wildman–Crippen MR) is 60.4 cm³/mol. The van der Waals surface area contributed by atoms with E-state index >= 15 is 0 Å². The molecule has 0 spiro atoms. The smallest absolute Gasteiger partial charge is 0.213 e. The Morgan fingerprint density at radius 1 is 1.27 bits per heavy atom. The van der Waals surface area contributed by atoms with Crippen molar-refractivity contribution < 1.29 is 9.47 Å². The van der Waals surface area contributed by atoms with Gasteiger partial charge in [0.15, 0.2) is 0 Å². The van der Waals surface area contributed by atoms with Crippen molar-refractivity contribution >= 4 is 5.69 Å². The molecule has 4 heteroatoms. The minimum atomic E-state index is 0.643. The van der Waals surface area contributed by atoms with Crippen LogP contribution in [0.2, 0.25) is 0 Å². The first-order chi connectivity index (χ1) is 7.36. The van der Waals surface area contributed by atoms with E-state index in [1.807, 2.05) is 26.0 Å². The number of nitrogens with one attached hydrogen (secondary N) is 1. The second-order valence-electron chi connectivity index (χ2n) is 2.94. The molecular weight excluding hydrogens is 192 g/mol. The number of anilines is 1. The number of hydrogen-bond acceptors (Lipinski definition) is 4. The summed E-state index contributed by atoms with van der Waals surface area (Å²) in [6, 6.07) is 3.80. The molecule has 0 saturated carbocycles. The van der Waals surface area contributed by atoms with E-state index < -0.39 is 0 Å². The summed E-state index contributed by atoms with van der Waals surface area (Å²) in [7, 11) is 0. The zero-order chi connectivity index (χ0) is 10.9. The van der Waals surface area contributed by atoms with Gasteiger partial charge in [0.1, 0.15) is 0 Å². The third-order valence-corrected chi connectivity index (χ3v) is 1.81. The Labute approximate surface area is 90.6 Å². The molecular formula is C11H18N2O2. The van der Waals surface area contributed by atoms with Crippen LogP contribution in [-0.2, 0) is 4.74 Å². The van der Waals surface area contributed by atoms with Crippen molar-refractivity contribution in [2.24, 2.45) is 0 Å². The van der Waals surface area contributed by atoms with Crippen molar-refractivity contribution in [3.05, 3.63) is 18.3 Å². The second kappa shape index (κ2) is 7.06. The normalized spacial score (nSPS) is 10.0. The van der Waals surface area contributed by atoms with E-state index in [2.05, 4.69) is 10.3 Å². The predicted octanol–water partition coefficient (Wildman–Crippen LogP) is 1.93. The van der Waals surface area contributed by atoms with Gasteiger partial charge < -0.3 is 14.8 Å². The molecule has 84 valence electrons. The largest absolute Gasteiger partial charge is 0.478 e. The summed E-state index contributed by atoms with van der Waals surface area (Å²) in [5.74, 6) is 0.660. The summed E-state index contributed by atoms with van der Waals surface area (Å²) in [6.07, 6.45) is 1.76. The topological polar surface area (TPSA) is 43.4 Å². The first kappa shape index (κ1) is 11.8. The molecule has 1 aromatic heterocycles. The van der Waals surface area contributed by atoms with Gasteiger partial charge in [-0.3, -0.25) is 0 Å². The molecule has 0 fully saturated rings. The standard InChI is InChI=1S/C11H18N2O2/c1-3-14-8-7-12-10-5-6-11(13-9-10)15-4-2/h5-6,9,12H,3-4,7-8H2,1-2H3. The van der Waals surface area contributed by atoms with Gasteiger partial charge in [0.05, 0.1) is 25.1 Å². The minimum Gasteiger partial charge on any atom is -0.478 e. The summed E-state index contributed by atoms with van der Waals surface area (Å²) in [5.41, 5.74) is 0.984. The summed E-state index contributed by atoms with van der Waals surface area (Å²) in [6.45, 7) is 6.83. The van der Waals surface area contributed by atoms with Crippen LogP contribution in [0.4, 0.5) is 5.69 Å². The van der Waals surface area contributed by atoms with Crippen molar-refractivity contribution in [2.75, 3.05) is 31.7 Å². The van der Waals surface area contributed by atoms with Crippen LogP contribution in [0.1, 0.15) is 13.8 Å². The zero-order valence-electron chi connectivity index (χ0n) is 9.32. The monoisotopic (exact) mass is 210 g/mol. The molecule has 0 radical (unpaired) electrons. The molecule has 0 aliphatic rings. The molecule has 0 aliphatic heterocycles. The number of pyridine rings is 1. The maximum atomic E-state index is 5.24. The van der Waals surface area contributed by atoms with Crippen LogP contribution >= 0.6 is 0 Å². The summed E-state index contributed by atoms with van der Waals surface area (Å²) >= 11 is 0. The first-order valence-electron chi connectivity index (χ1n) is 5.27. The molecule has 1 rings (SSSR count). The quantitative estimate of drug-likeness (QED) is 0.698. The van der Waals surface area contributed by atoms with Crippen LogP contribution in [-0.4, -0.2) is 31.3 Å². The van der Waals surface area contributed by atoms with Crippen molar-refractivity contribution in [1.29, 1.82) is 0 Å². The number of ether oxygens (including phenoxy) is 2. The number of nitrogens with zero attached hydrogens (tertiary/aromatic N) is 1. The molecule has 0 bridgehead atoms. The van der Waals surface area contributed by atoms with Crippen molar-refractivity contribution in [1.82, 2.24) is 4.98 Å². The molecule has 0 aliphatic carbocycles. The summed E-state index contributed by atoms with van der Waals surface area (Å²) < 4.78 is 10.5. The van der Waals surface area contributed by atoms with E-state index in [0.29, 0.717) is 19.1 Å². The van der Waals surface area contributed by atoms with Crippen LogP contribution in [0.3, 0.4) is 0 Å². The molecule has 1 N–H and O–H groups in total. The third kappa shape index (κ3) is 4.65. The molecule has 1 heterocycles. The highest BCUT2D eigenvalue weighted by Gasteiger charge is 1.94. The van der Waals surface area contributed by atoms with E-state index in [4.69, 9.17) is 9.47 Å². The van der Waals surface area contributed by atoms with E-state index in [0.717, 1.165) is 18.8 Å². The summed E-state index contributed by atoms with van der Waals surface area (Å²) in [4.78, 5) is 4.14. The van der Waals surface area contributed by atoms with Gasteiger partial charge in [0.25, 0.3) is 0 Å². The Balaban J connectivity index is 2.29. The zero-order valence-corrected chi connectivity index (χ0v) is 9.32. The lowest BCUT2D eigenvalue weighted by atomic mass is 10.4. The Morgan fingerprint density at radius 2 is 2.13 bits per heavy atom. The van der Waals surface area contributed by atoms with Gasteiger partial charge in [-0.05, 0) is 19.9 Å². The Hall–Kier alpha value is -1.29. The van der Waals surface area contributed by atoms with Gasteiger partial charge in [-0.2, -0.15) is 0 Å². The molecule has 1 aromatic rings. The van der Waals surface area contributed by atoms with E-state index in [-0.39, 0.29) is 0 Å². The number of hydrogen-bond donors (Lipinski definition) is 1.